The van der Waals surface area contributed by atoms with Crippen LogP contribution < -0.4 is 10.4 Å². The van der Waals surface area contributed by atoms with Crippen LogP contribution in [0.3, 0.4) is 0 Å². The van der Waals surface area contributed by atoms with Gasteiger partial charge >= 0.3 is 5.69 Å². The second kappa shape index (κ2) is 4.61. The first-order valence-electron chi connectivity index (χ1n) is 4.99. The molecule has 0 unspecified atom stereocenters. The predicted molar refractivity (Wildman–Crippen MR) is 60.4 cm³/mol. The van der Waals surface area contributed by atoms with Gasteiger partial charge in [-0.3, -0.25) is 0 Å². The van der Waals surface area contributed by atoms with E-state index < -0.39 is 5.69 Å². The van der Waals surface area contributed by atoms with Gasteiger partial charge in [0.15, 0.2) is 0 Å². The summed E-state index contributed by atoms with van der Waals surface area (Å²) < 4.78 is 5.47. The largest absolute Gasteiger partial charge is 0.472 e. The molecule has 2 rings (SSSR count). The van der Waals surface area contributed by atoms with Gasteiger partial charge < -0.3 is 9.72 Å². The zero-order chi connectivity index (χ0) is 11.4. The minimum atomic E-state index is -0.395. The van der Waals surface area contributed by atoms with Gasteiger partial charge in [-0.1, -0.05) is 30.3 Å². The normalized spacial score (nSPS) is 10.1. The van der Waals surface area contributed by atoms with E-state index in [2.05, 4.69) is 9.97 Å². The van der Waals surface area contributed by atoms with E-state index in [0.717, 1.165) is 11.1 Å². The summed E-state index contributed by atoms with van der Waals surface area (Å²) in [6.45, 7) is 2.25. The van der Waals surface area contributed by atoms with Crippen molar-refractivity contribution in [2.24, 2.45) is 0 Å². The Balaban J connectivity index is 2.10. The number of rotatable bonds is 3. The number of nitrogens with zero attached hydrogens (tertiary/aromatic N) is 1. The van der Waals surface area contributed by atoms with Crippen LogP contribution in [0.25, 0.3) is 0 Å². The van der Waals surface area contributed by atoms with Crippen molar-refractivity contribution in [2.75, 3.05) is 0 Å². The Morgan fingerprint density at radius 3 is 2.81 bits per heavy atom. The van der Waals surface area contributed by atoms with Gasteiger partial charge in [0.2, 0.25) is 5.88 Å². The predicted octanol–water partition coefficient (Wildman–Crippen LogP) is 1.66. The summed E-state index contributed by atoms with van der Waals surface area (Å²) in [4.78, 5) is 17.3. The Bertz CT molecular complexity index is 520. The van der Waals surface area contributed by atoms with E-state index in [0.29, 0.717) is 12.5 Å². The fraction of sp³-hybridized carbons (Fsp3) is 0.167. The van der Waals surface area contributed by atoms with Gasteiger partial charge in [-0.15, -0.1) is 0 Å². The van der Waals surface area contributed by atoms with Crippen LogP contribution in [-0.2, 0) is 6.61 Å². The molecule has 0 fully saturated rings. The summed E-state index contributed by atoms with van der Waals surface area (Å²) in [5.74, 6) is 0.382. The standard InChI is InChI=1S/C12H12N2O2/c1-9-7-13-12(15)14-11(9)16-8-10-5-3-2-4-6-10/h2-7H,8H2,1H3,(H,13,14,15). The number of hydrogen-bond acceptors (Lipinski definition) is 3. The van der Waals surface area contributed by atoms with E-state index >= 15 is 0 Å². The molecule has 0 aliphatic rings. The number of aromatic amines is 1. The molecule has 0 aliphatic heterocycles. The molecule has 1 N–H and O–H groups in total. The Morgan fingerprint density at radius 2 is 2.06 bits per heavy atom. The molecule has 0 amide bonds. The number of aryl methyl sites for hydroxylation is 1. The molecule has 16 heavy (non-hydrogen) atoms. The third kappa shape index (κ3) is 2.48. The highest BCUT2D eigenvalue weighted by Crippen LogP contribution is 2.11. The lowest BCUT2D eigenvalue weighted by Crippen LogP contribution is -2.12. The first-order chi connectivity index (χ1) is 7.75. The van der Waals surface area contributed by atoms with Crippen molar-refractivity contribution in [1.29, 1.82) is 0 Å². The topological polar surface area (TPSA) is 55.0 Å². The summed E-state index contributed by atoms with van der Waals surface area (Å²) >= 11 is 0. The van der Waals surface area contributed by atoms with Crippen LogP contribution in [0.5, 0.6) is 5.88 Å². The fourth-order valence-corrected chi connectivity index (χ4v) is 1.32. The van der Waals surface area contributed by atoms with Crippen molar-refractivity contribution in [1.82, 2.24) is 9.97 Å². The van der Waals surface area contributed by atoms with Gasteiger partial charge in [0.1, 0.15) is 6.61 Å². The molecule has 0 spiro atoms. The van der Waals surface area contributed by atoms with Gasteiger partial charge in [-0.25, -0.2) is 4.79 Å². The molecular weight excluding hydrogens is 204 g/mol. The van der Waals surface area contributed by atoms with Gasteiger partial charge in [0, 0.05) is 11.8 Å². The van der Waals surface area contributed by atoms with Crippen LogP contribution in [0.2, 0.25) is 0 Å². The molecule has 4 heteroatoms. The summed E-state index contributed by atoms with van der Waals surface area (Å²) in [5.41, 5.74) is 1.47. The lowest BCUT2D eigenvalue weighted by molar-refractivity contribution is 0.290. The van der Waals surface area contributed by atoms with Crippen molar-refractivity contribution in [2.45, 2.75) is 13.5 Å². The molecule has 0 bridgehead atoms. The summed E-state index contributed by atoms with van der Waals surface area (Å²) in [6.07, 6.45) is 1.59. The van der Waals surface area contributed by atoms with E-state index in [9.17, 15) is 4.79 Å². The highest BCUT2D eigenvalue weighted by Gasteiger charge is 2.02. The Kier molecular flexibility index (Phi) is 3.00. The van der Waals surface area contributed by atoms with Gasteiger partial charge in [0.25, 0.3) is 0 Å². The Labute approximate surface area is 92.9 Å². The van der Waals surface area contributed by atoms with Gasteiger partial charge in [-0.05, 0) is 12.5 Å². The first-order valence-corrected chi connectivity index (χ1v) is 4.99. The monoisotopic (exact) mass is 216 g/mol. The summed E-state index contributed by atoms with van der Waals surface area (Å²) in [5, 5.41) is 0. The van der Waals surface area contributed by atoms with Gasteiger partial charge in [-0.2, -0.15) is 4.98 Å². The molecule has 0 radical (unpaired) electrons. The molecule has 1 heterocycles. The molecule has 0 saturated carbocycles. The molecule has 0 aliphatic carbocycles. The van der Waals surface area contributed by atoms with E-state index in [1.807, 2.05) is 37.3 Å². The maximum atomic E-state index is 11.0. The van der Waals surface area contributed by atoms with Crippen LogP contribution in [-0.4, -0.2) is 9.97 Å². The maximum Gasteiger partial charge on any atom is 0.348 e. The maximum absolute atomic E-state index is 11.0. The van der Waals surface area contributed by atoms with Crippen molar-refractivity contribution in [3.63, 3.8) is 0 Å². The molecule has 1 aromatic heterocycles. The zero-order valence-electron chi connectivity index (χ0n) is 8.93. The summed E-state index contributed by atoms with van der Waals surface area (Å²) in [7, 11) is 0. The third-order valence-electron chi connectivity index (χ3n) is 2.17. The van der Waals surface area contributed by atoms with Crippen molar-refractivity contribution < 1.29 is 4.74 Å². The molecular formula is C12H12N2O2. The number of hydrogen-bond donors (Lipinski definition) is 1. The average molecular weight is 216 g/mol. The summed E-state index contributed by atoms with van der Waals surface area (Å²) in [6, 6.07) is 9.75. The number of benzene rings is 1. The van der Waals surface area contributed by atoms with Crippen molar-refractivity contribution in [3.05, 3.63) is 58.1 Å². The average Bonchev–Trinajstić information content (AvgIpc) is 2.32. The molecule has 4 nitrogen and oxygen atoms in total. The zero-order valence-corrected chi connectivity index (χ0v) is 8.93. The number of H-pyrrole nitrogens is 1. The molecule has 0 saturated heterocycles. The Morgan fingerprint density at radius 1 is 1.31 bits per heavy atom. The second-order valence-electron chi connectivity index (χ2n) is 3.47. The Hall–Kier alpha value is -2.10. The highest BCUT2D eigenvalue weighted by atomic mass is 16.5. The van der Waals surface area contributed by atoms with Crippen LogP contribution in [0.1, 0.15) is 11.1 Å². The fourth-order valence-electron chi connectivity index (χ4n) is 1.32. The van der Waals surface area contributed by atoms with E-state index in [1.165, 1.54) is 0 Å². The quantitative estimate of drug-likeness (QED) is 0.848. The van der Waals surface area contributed by atoms with Crippen LogP contribution in [0.15, 0.2) is 41.3 Å². The first kappa shape index (κ1) is 10.4. The number of ether oxygens (including phenoxy) is 1. The molecule has 0 atom stereocenters. The number of nitrogens with one attached hydrogen (secondary N) is 1. The lowest BCUT2D eigenvalue weighted by atomic mass is 10.2. The lowest BCUT2D eigenvalue weighted by Gasteiger charge is -2.06. The smallest absolute Gasteiger partial charge is 0.348 e. The minimum Gasteiger partial charge on any atom is -0.472 e. The van der Waals surface area contributed by atoms with Crippen molar-refractivity contribution in [3.8, 4) is 5.88 Å². The van der Waals surface area contributed by atoms with Crippen LogP contribution in [0.4, 0.5) is 0 Å². The van der Waals surface area contributed by atoms with E-state index in [1.54, 1.807) is 6.20 Å². The molecule has 2 aromatic rings. The van der Waals surface area contributed by atoms with E-state index in [-0.39, 0.29) is 0 Å². The van der Waals surface area contributed by atoms with E-state index in [4.69, 9.17) is 4.74 Å². The third-order valence-corrected chi connectivity index (χ3v) is 2.17. The SMILES string of the molecule is Cc1c[nH]c(=O)nc1OCc1ccccc1. The number of aromatic nitrogens is 2. The van der Waals surface area contributed by atoms with Gasteiger partial charge in [0.05, 0.1) is 0 Å². The minimum absolute atomic E-state index is 0.382. The van der Waals surface area contributed by atoms with Crippen LogP contribution in [0, 0.1) is 6.92 Å². The van der Waals surface area contributed by atoms with Crippen molar-refractivity contribution >= 4 is 0 Å². The molecule has 82 valence electrons. The van der Waals surface area contributed by atoms with Crippen LogP contribution >= 0.6 is 0 Å². The highest BCUT2D eigenvalue weighted by molar-refractivity contribution is 5.21. The molecule has 1 aromatic carbocycles. The second-order valence-corrected chi connectivity index (χ2v) is 3.47.